The Labute approximate surface area is 136 Å². The molecule has 1 heterocycles. The van der Waals surface area contributed by atoms with Crippen LogP contribution in [0.25, 0.3) is 0 Å². The average Bonchev–Trinajstić information content (AvgIpc) is 2.59. The van der Waals surface area contributed by atoms with E-state index in [0.717, 1.165) is 11.1 Å². The zero-order chi connectivity index (χ0) is 16.5. The molecule has 1 aromatic carbocycles. The number of methoxy groups -OCH3 is 1. The number of aliphatic hydroxyl groups excluding tert-OH is 1. The Balaban J connectivity index is 1.70. The van der Waals surface area contributed by atoms with Crippen molar-refractivity contribution in [3.05, 3.63) is 59.9 Å². The van der Waals surface area contributed by atoms with Crippen molar-refractivity contribution >= 4 is 5.91 Å². The van der Waals surface area contributed by atoms with Gasteiger partial charge in [0.05, 0.1) is 19.4 Å². The largest absolute Gasteiger partial charge is 0.495 e. The number of ether oxygens (including phenoxy) is 1. The van der Waals surface area contributed by atoms with Gasteiger partial charge in [0.2, 0.25) is 5.91 Å². The maximum Gasteiger partial charge on any atom is 0.220 e. The predicted molar refractivity (Wildman–Crippen MR) is 88.3 cm³/mol. The number of carbonyl (C=O) groups is 1. The lowest BCUT2D eigenvalue weighted by Crippen LogP contribution is -2.33. The van der Waals surface area contributed by atoms with Gasteiger partial charge in [0.15, 0.2) is 0 Å². The number of nitrogens with zero attached hydrogens (tertiary/aromatic N) is 1. The molecule has 0 bridgehead atoms. The third-order valence-electron chi connectivity index (χ3n) is 3.50. The Kier molecular flexibility index (Phi) is 6.56. The number of aryl methyl sites for hydroxylation is 1. The molecule has 0 spiro atoms. The van der Waals surface area contributed by atoms with Gasteiger partial charge in [-0.3, -0.25) is 9.78 Å². The number of carbonyl (C=O) groups excluding carboxylic acids is 1. The van der Waals surface area contributed by atoms with Crippen molar-refractivity contribution in [1.82, 2.24) is 10.3 Å². The lowest BCUT2D eigenvalue weighted by atomic mass is 10.1. The van der Waals surface area contributed by atoms with Gasteiger partial charge in [0.1, 0.15) is 5.75 Å². The summed E-state index contributed by atoms with van der Waals surface area (Å²) in [6, 6.07) is 11.6. The van der Waals surface area contributed by atoms with Crippen LogP contribution in [0, 0.1) is 0 Å². The van der Waals surface area contributed by atoms with Gasteiger partial charge in [-0.2, -0.15) is 0 Å². The monoisotopic (exact) mass is 314 g/mol. The molecule has 23 heavy (non-hydrogen) atoms. The van der Waals surface area contributed by atoms with Crippen molar-refractivity contribution in [2.24, 2.45) is 0 Å². The SMILES string of the molecule is COc1cncc(CCC(=O)NCC(O)Cc2ccccc2)c1. The van der Waals surface area contributed by atoms with Crippen LogP contribution in [0.15, 0.2) is 48.8 Å². The number of hydrogen-bond acceptors (Lipinski definition) is 4. The second-order valence-electron chi connectivity index (χ2n) is 5.38. The molecule has 2 aromatic rings. The molecule has 1 unspecified atom stereocenters. The molecular weight excluding hydrogens is 292 g/mol. The number of aliphatic hydroxyl groups is 1. The number of benzene rings is 1. The van der Waals surface area contributed by atoms with E-state index in [1.165, 1.54) is 0 Å². The van der Waals surface area contributed by atoms with Crippen LogP contribution in [0.5, 0.6) is 5.75 Å². The standard InChI is InChI=1S/C18H22N2O3/c1-23-17-10-15(11-19-13-17)7-8-18(22)20-12-16(21)9-14-5-3-2-4-6-14/h2-6,10-11,13,16,21H,7-9,12H2,1H3,(H,20,22). The second-order valence-corrected chi connectivity index (χ2v) is 5.38. The van der Waals surface area contributed by atoms with Crippen LogP contribution in [-0.4, -0.2) is 35.8 Å². The predicted octanol–water partition coefficient (Wildman–Crippen LogP) is 1.74. The molecule has 0 radical (unpaired) electrons. The molecule has 0 fully saturated rings. The van der Waals surface area contributed by atoms with Crippen LogP contribution >= 0.6 is 0 Å². The minimum absolute atomic E-state index is 0.0834. The van der Waals surface area contributed by atoms with Gasteiger partial charge in [-0.05, 0) is 23.6 Å². The molecule has 0 saturated heterocycles. The van der Waals surface area contributed by atoms with Crippen LogP contribution < -0.4 is 10.1 Å². The van der Waals surface area contributed by atoms with Gasteiger partial charge in [-0.25, -0.2) is 0 Å². The fourth-order valence-corrected chi connectivity index (χ4v) is 2.25. The van der Waals surface area contributed by atoms with Gasteiger partial charge in [0.25, 0.3) is 0 Å². The number of hydrogen-bond donors (Lipinski definition) is 2. The number of aromatic nitrogens is 1. The van der Waals surface area contributed by atoms with Gasteiger partial charge in [-0.1, -0.05) is 30.3 Å². The molecule has 0 aliphatic rings. The molecule has 1 amide bonds. The summed E-state index contributed by atoms with van der Waals surface area (Å²) in [6.45, 7) is 0.254. The van der Waals surface area contributed by atoms with E-state index in [-0.39, 0.29) is 12.5 Å². The Bertz CT molecular complexity index is 617. The van der Waals surface area contributed by atoms with E-state index in [1.54, 1.807) is 19.5 Å². The Morgan fingerprint density at radius 3 is 2.78 bits per heavy atom. The third-order valence-corrected chi connectivity index (χ3v) is 3.50. The molecule has 1 aromatic heterocycles. The molecule has 122 valence electrons. The lowest BCUT2D eigenvalue weighted by molar-refractivity contribution is -0.121. The molecule has 2 rings (SSSR count). The van der Waals surface area contributed by atoms with Crippen molar-refractivity contribution in [1.29, 1.82) is 0 Å². The van der Waals surface area contributed by atoms with E-state index in [2.05, 4.69) is 10.3 Å². The number of pyridine rings is 1. The molecule has 5 nitrogen and oxygen atoms in total. The van der Waals surface area contributed by atoms with E-state index in [9.17, 15) is 9.90 Å². The fourth-order valence-electron chi connectivity index (χ4n) is 2.25. The Morgan fingerprint density at radius 2 is 2.04 bits per heavy atom. The molecule has 5 heteroatoms. The van der Waals surface area contributed by atoms with E-state index in [1.807, 2.05) is 36.4 Å². The fraction of sp³-hybridized carbons (Fsp3) is 0.333. The smallest absolute Gasteiger partial charge is 0.220 e. The first-order valence-corrected chi connectivity index (χ1v) is 7.64. The summed E-state index contributed by atoms with van der Waals surface area (Å²) in [5, 5.41) is 12.7. The maximum absolute atomic E-state index is 11.9. The lowest BCUT2D eigenvalue weighted by Gasteiger charge is -2.12. The van der Waals surface area contributed by atoms with Gasteiger partial charge in [0, 0.05) is 25.6 Å². The van der Waals surface area contributed by atoms with Crippen LogP contribution in [-0.2, 0) is 17.6 Å². The van der Waals surface area contributed by atoms with Crippen molar-refractivity contribution in [2.75, 3.05) is 13.7 Å². The van der Waals surface area contributed by atoms with Crippen molar-refractivity contribution in [3.8, 4) is 5.75 Å². The van der Waals surface area contributed by atoms with Gasteiger partial charge < -0.3 is 15.2 Å². The van der Waals surface area contributed by atoms with Crippen LogP contribution in [0.3, 0.4) is 0 Å². The third kappa shape index (κ3) is 6.08. The molecule has 0 saturated carbocycles. The number of rotatable bonds is 8. The summed E-state index contributed by atoms with van der Waals surface area (Å²) in [4.78, 5) is 15.9. The average molecular weight is 314 g/mol. The molecular formula is C18H22N2O3. The summed E-state index contributed by atoms with van der Waals surface area (Å²) in [6.07, 6.45) is 4.24. The first kappa shape index (κ1) is 17.0. The van der Waals surface area contributed by atoms with Crippen LogP contribution in [0.1, 0.15) is 17.5 Å². The first-order valence-electron chi connectivity index (χ1n) is 7.64. The summed E-state index contributed by atoms with van der Waals surface area (Å²) in [5.41, 5.74) is 2.00. The topological polar surface area (TPSA) is 71.5 Å². The highest BCUT2D eigenvalue weighted by Gasteiger charge is 2.08. The van der Waals surface area contributed by atoms with Crippen LogP contribution in [0.2, 0.25) is 0 Å². The first-order chi connectivity index (χ1) is 11.2. The summed E-state index contributed by atoms with van der Waals surface area (Å²) >= 11 is 0. The highest BCUT2D eigenvalue weighted by molar-refractivity contribution is 5.76. The maximum atomic E-state index is 11.9. The molecule has 1 atom stereocenters. The van der Waals surface area contributed by atoms with Crippen molar-refractivity contribution < 1.29 is 14.6 Å². The van der Waals surface area contributed by atoms with Crippen molar-refractivity contribution in [3.63, 3.8) is 0 Å². The van der Waals surface area contributed by atoms with Crippen molar-refractivity contribution in [2.45, 2.75) is 25.4 Å². The number of nitrogens with one attached hydrogen (secondary N) is 1. The zero-order valence-electron chi connectivity index (χ0n) is 13.2. The van der Waals surface area contributed by atoms with E-state index in [0.29, 0.717) is 25.0 Å². The van der Waals surface area contributed by atoms with Gasteiger partial charge in [-0.15, -0.1) is 0 Å². The zero-order valence-corrected chi connectivity index (χ0v) is 13.2. The number of amides is 1. The Hall–Kier alpha value is -2.40. The Morgan fingerprint density at radius 1 is 1.26 bits per heavy atom. The molecule has 0 aliphatic carbocycles. The van der Waals surface area contributed by atoms with E-state index in [4.69, 9.17) is 4.74 Å². The van der Waals surface area contributed by atoms with Gasteiger partial charge >= 0.3 is 0 Å². The molecule has 0 aliphatic heterocycles. The summed E-state index contributed by atoms with van der Waals surface area (Å²) in [7, 11) is 1.58. The second kappa shape index (κ2) is 8.90. The minimum Gasteiger partial charge on any atom is -0.495 e. The molecule has 2 N–H and O–H groups in total. The van der Waals surface area contributed by atoms with E-state index < -0.39 is 6.10 Å². The highest BCUT2D eigenvalue weighted by atomic mass is 16.5. The normalized spacial score (nSPS) is 11.7. The van der Waals surface area contributed by atoms with Crippen LogP contribution in [0.4, 0.5) is 0 Å². The minimum atomic E-state index is -0.583. The quantitative estimate of drug-likeness (QED) is 0.778. The summed E-state index contributed by atoms with van der Waals surface area (Å²) in [5.74, 6) is 0.598. The van der Waals surface area contributed by atoms with E-state index >= 15 is 0 Å². The highest BCUT2D eigenvalue weighted by Crippen LogP contribution is 2.11. The summed E-state index contributed by atoms with van der Waals surface area (Å²) < 4.78 is 5.10.